The Morgan fingerprint density at radius 2 is 2.10 bits per heavy atom. The van der Waals surface area contributed by atoms with E-state index in [2.05, 4.69) is 23.0 Å². The first-order valence-electron chi connectivity index (χ1n) is 10.4. The minimum atomic E-state index is -0.249. The maximum atomic E-state index is 13.6. The minimum absolute atomic E-state index is 0.0450. The Hall–Kier alpha value is -2.82. The Balaban J connectivity index is 1.36. The van der Waals surface area contributed by atoms with Crippen LogP contribution in [0.25, 0.3) is 11.0 Å². The SMILES string of the molecule is CC[C@@H](c1cccc(F)c1)N1CCC(CCCc2ccc3cccnc3n2)C1=O. The zero-order valence-corrected chi connectivity index (χ0v) is 16.7. The minimum Gasteiger partial charge on any atom is -0.335 e. The van der Waals surface area contributed by atoms with E-state index in [1.54, 1.807) is 18.3 Å². The van der Waals surface area contributed by atoms with Crippen LogP contribution < -0.4 is 0 Å². The van der Waals surface area contributed by atoms with Crippen molar-refractivity contribution in [1.82, 2.24) is 14.9 Å². The van der Waals surface area contributed by atoms with Crippen molar-refractivity contribution >= 4 is 16.9 Å². The molecule has 5 heteroatoms. The summed E-state index contributed by atoms with van der Waals surface area (Å²) in [7, 11) is 0. The first-order chi connectivity index (χ1) is 14.2. The fraction of sp³-hybridized carbons (Fsp3) is 0.375. The summed E-state index contributed by atoms with van der Waals surface area (Å²) in [4.78, 5) is 23.9. The third kappa shape index (κ3) is 4.29. The van der Waals surface area contributed by atoms with Crippen molar-refractivity contribution in [2.45, 2.75) is 45.1 Å². The Kier molecular flexibility index (Phi) is 5.84. The van der Waals surface area contributed by atoms with Gasteiger partial charge in [0.25, 0.3) is 0 Å². The number of amides is 1. The monoisotopic (exact) mass is 391 g/mol. The summed E-state index contributed by atoms with van der Waals surface area (Å²) in [5.41, 5.74) is 2.67. The molecule has 150 valence electrons. The van der Waals surface area contributed by atoms with Crippen molar-refractivity contribution in [3.63, 3.8) is 0 Å². The van der Waals surface area contributed by atoms with E-state index in [1.807, 2.05) is 29.2 Å². The van der Waals surface area contributed by atoms with Gasteiger partial charge in [-0.3, -0.25) is 4.79 Å². The molecule has 0 saturated carbocycles. The van der Waals surface area contributed by atoms with E-state index >= 15 is 0 Å². The highest BCUT2D eigenvalue weighted by Gasteiger charge is 2.35. The molecular formula is C24H26FN3O. The summed E-state index contributed by atoms with van der Waals surface area (Å²) in [5.74, 6) is 0.00644. The fourth-order valence-corrected chi connectivity index (χ4v) is 4.35. The van der Waals surface area contributed by atoms with Crippen LogP contribution in [0.3, 0.4) is 0 Å². The van der Waals surface area contributed by atoms with Gasteiger partial charge in [0.15, 0.2) is 5.65 Å². The van der Waals surface area contributed by atoms with Crippen molar-refractivity contribution in [3.8, 4) is 0 Å². The molecule has 1 unspecified atom stereocenters. The van der Waals surface area contributed by atoms with Crippen molar-refractivity contribution in [2.75, 3.05) is 6.54 Å². The van der Waals surface area contributed by atoms with Gasteiger partial charge in [0.1, 0.15) is 5.82 Å². The Bertz CT molecular complexity index is 1010. The lowest BCUT2D eigenvalue weighted by molar-refractivity contribution is -0.133. The van der Waals surface area contributed by atoms with Crippen LogP contribution >= 0.6 is 0 Å². The van der Waals surface area contributed by atoms with Gasteiger partial charge in [0, 0.05) is 29.7 Å². The summed E-state index contributed by atoms with van der Waals surface area (Å²) in [6, 6.07) is 14.6. The molecule has 0 N–H and O–H groups in total. The van der Waals surface area contributed by atoms with Crippen LogP contribution in [0.2, 0.25) is 0 Å². The average molecular weight is 391 g/mol. The zero-order valence-electron chi connectivity index (χ0n) is 16.7. The standard InChI is InChI=1S/C24H26FN3O/c1-2-22(19-7-3-9-20(25)16-19)28-15-13-18(24(28)29)6-4-10-21-12-11-17-8-5-14-26-23(17)27-21/h3,5,7-9,11-12,14,16,18,22H,2,4,6,10,13,15H2,1H3/t18?,22-/m0/s1. The molecule has 29 heavy (non-hydrogen) atoms. The number of carbonyl (C=O) groups is 1. The molecule has 3 aromatic rings. The van der Waals surface area contributed by atoms with Crippen LogP contribution in [0, 0.1) is 11.7 Å². The largest absolute Gasteiger partial charge is 0.335 e. The first kappa shape index (κ1) is 19.5. The van der Waals surface area contributed by atoms with Crippen LogP contribution in [0.15, 0.2) is 54.7 Å². The predicted octanol–water partition coefficient (Wildman–Crippen LogP) is 5.09. The van der Waals surface area contributed by atoms with E-state index in [4.69, 9.17) is 0 Å². The second-order valence-corrected chi connectivity index (χ2v) is 7.74. The van der Waals surface area contributed by atoms with Gasteiger partial charge in [0.05, 0.1) is 6.04 Å². The second-order valence-electron chi connectivity index (χ2n) is 7.74. The number of hydrogen-bond donors (Lipinski definition) is 0. The van der Waals surface area contributed by atoms with E-state index < -0.39 is 0 Å². The molecule has 1 saturated heterocycles. The van der Waals surface area contributed by atoms with Gasteiger partial charge in [-0.15, -0.1) is 0 Å². The molecule has 0 bridgehead atoms. The van der Waals surface area contributed by atoms with Crippen LogP contribution in [-0.4, -0.2) is 27.3 Å². The van der Waals surface area contributed by atoms with Gasteiger partial charge >= 0.3 is 0 Å². The molecule has 1 fully saturated rings. The van der Waals surface area contributed by atoms with E-state index in [-0.39, 0.29) is 23.7 Å². The summed E-state index contributed by atoms with van der Waals surface area (Å²) in [6.07, 6.45) is 6.04. The van der Waals surface area contributed by atoms with Gasteiger partial charge in [-0.2, -0.15) is 0 Å². The first-order valence-corrected chi connectivity index (χ1v) is 10.4. The van der Waals surface area contributed by atoms with E-state index in [0.29, 0.717) is 0 Å². The Morgan fingerprint density at radius 3 is 2.93 bits per heavy atom. The lowest BCUT2D eigenvalue weighted by atomic mass is 9.99. The number of nitrogens with zero attached hydrogens (tertiary/aromatic N) is 3. The summed E-state index contributed by atoms with van der Waals surface area (Å²) < 4.78 is 13.6. The lowest BCUT2D eigenvalue weighted by Gasteiger charge is -2.28. The Morgan fingerprint density at radius 1 is 1.21 bits per heavy atom. The number of aryl methyl sites for hydroxylation is 1. The van der Waals surface area contributed by atoms with Gasteiger partial charge in [0.2, 0.25) is 5.91 Å². The smallest absolute Gasteiger partial charge is 0.226 e. The fourth-order valence-electron chi connectivity index (χ4n) is 4.35. The topological polar surface area (TPSA) is 46.1 Å². The van der Waals surface area contributed by atoms with E-state index in [9.17, 15) is 9.18 Å². The number of carbonyl (C=O) groups excluding carboxylic acids is 1. The molecule has 4 rings (SSSR count). The molecule has 3 heterocycles. The third-order valence-electron chi connectivity index (χ3n) is 5.85. The number of benzene rings is 1. The maximum absolute atomic E-state index is 13.6. The van der Waals surface area contributed by atoms with Crippen LogP contribution in [-0.2, 0) is 11.2 Å². The molecular weight excluding hydrogens is 365 g/mol. The molecule has 1 aliphatic heterocycles. The van der Waals surface area contributed by atoms with Crippen molar-refractivity contribution < 1.29 is 9.18 Å². The summed E-state index contributed by atoms with van der Waals surface area (Å²) >= 11 is 0. The summed E-state index contributed by atoms with van der Waals surface area (Å²) in [6.45, 7) is 2.80. The molecule has 0 aliphatic carbocycles. The number of hydrogen-bond acceptors (Lipinski definition) is 3. The van der Waals surface area contributed by atoms with Gasteiger partial charge in [-0.25, -0.2) is 14.4 Å². The zero-order chi connectivity index (χ0) is 20.2. The van der Waals surface area contributed by atoms with Crippen molar-refractivity contribution in [2.24, 2.45) is 5.92 Å². The quantitative estimate of drug-likeness (QED) is 0.563. The lowest BCUT2D eigenvalue weighted by Crippen LogP contribution is -2.31. The molecule has 2 aromatic heterocycles. The average Bonchev–Trinajstić information content (AvgIpc) is 3.09. The highest BCUT2D eigenvalue weighted by atomic mass is 19.1. The number of fused-ring (bicyclic) bond motifs is 1. The maximum Gasteiger partial charge on any atom is 0.226 e. The van der Waals surface area contributed by atoms with Gasteiger partial charge in [-0.05, 0) is 74.1 Å². The highest BCUT2D eigenvalue weighted by Crippen LogP contribution is 2.33. The van der Waals surface area contributed by atoms with Crippen LogP contribution in [0.4, 0.5) is 4.39 Å². The molecule has 0 radical (unpaired) electrons. The van der Waals surface area contributed by atoms with E-state index in [1.165, 1.54) is 6.07 Å². The van der Waals surface area contributed by atoms with Crippen molar-refractivity contribution in [3.05, 3.63) is 71.8 Å². The molecule has 2 atom stereocenters. The van der Waals surface area contributed by atoms with Gasteiger partial charge in [-0.1, -0.05) is 19.1 Å². The number of halogens is 1. The molecule has 0 spiro atoms. The predicted molar refractivity (Wildman–Crippen MR) is 112 cm³/mol. The highest BCUT2D eigenvalue weighted by molar-refractivity contribution is 5.81. The number of aromatic nitrogens is 2. The molecule has 1 amide bonds. The van der Waals surface area contributed by atoms with Crippen LogP contribution in [0.5, 0.6) is 0 Å². The third-order valence-corrected chi connectivity index (χ3v) is 5.85. The van der Waals surface area contributed by atoms with Gasteiger partial charge < -0.3 is 4.90 Å². The molecule has 4 nitrogen and oxygen atoms in total. The van der Waals surface area contributed by atoms with E-state index in [0.717, 1.165) is 60.9 Å². The molecule has 1 aliphatic rings. The van der Waals surface area contributed by atoms with Crippen molar-refractivity contribution in [1.29, 1.82) is 0 Å². The Labute approximate surface area is 170 Å². The second kappa shape index (κ2) is 8.68. The summed E-state index contributed by atoms with van der Waals surface area (Å²) in [5, 5.41) is 1.04. The van der Waals surface area contributed by atoms with Crippen LogP contribution in [0.1, 0.15) is 49.9 Å². The number of pyridine rings is 2. The normalized spacial score (nSPS) is 17.8. The molecule has 1 aromatic carbocycles. The number of likely N-dealkylation sites (tertiary alicyclic amines) is 1. The number of rotatable bonds is 7.